The molecule has 1 fully saturated rings. The highest BCUT2D eigenvalue weighted by molar-refractivity contribution is 6.44. The smallest absolute Gasteiger partial charge is 0.291 e. The maximum absolute atomic E-state index is 13.2. The third kappa shape index (κ3) is 4.02. The number of hydrogen-bond donors (Lipinski definition) is 0. The molecule has 1 aromatic heterocycles. The van der Waals surface area contributed by atoms with Crippen LogP contribution >= 0.6 is 0 Å². The zero-order chi connectivity index (χ0) is 20.3. The Hall–Kier alpha value is -2.86. The van der Waals surface area contributed by atoms with Crippen LogP contribution in [-0.2, 0) is 9.59 Å². The van der Waals surface area contributed by atoms with E-state index < -0.39 is 23.7 Å². The summed E-state index contributed by atoms with van der Waals surface area (Å²) >= 11 is 0. The number of carbonyl (C=O) groups is 3. The highest BCUT2D eigenvalue weighted by Crippen LogP contribution is 2.38. The molecule has 1 aromatic carbocycles. The van der Waals surface area contributed by atoms with Crippen LogP contribution in [0.5, 0.6) is 0 Å². The van der Waals surface area contributed by atoms with Gasteiger partial charge < -0.3 is 9.80 Å². The van der Waals surface area contributed by atoms with Crippen LogP contribution in [0.2, 0.25) is 0 Å². The van der Waals surface area contributed by atoms with Gasteiger partial charge in [0.15, 0.2) is 5.78 Å². The van der Waals surface area contributed by atoms with Gasteiger partial charge in [0.05, 0.1) is 6.04 Å². The largest absolute Gasteiger partial charge is 0.328 e. The summed E-state index contributed by atoms with van der Waals surface area (Å²) in [6.45, 7) is 3.14. The van der Waals surface area contributed by atoms with Crippen molar-refractivity contribution in [1.29, 1.82) is 0 Å². The van der Waals surface area contributed by atoms with Gasteiger partial charge in [-0.05, 0) is 45.6 Å². The number of aryl methyl sites for hydroxylation is 1. The van der Waals surface area contributed by atoms with E-state index in [1.54, 1.807) is 35.5 Å². The third-order valence-corrected chi connectivity index (χ3v) is 5.05. The number of hydrogen-bond acceptors (Lipinski definition) is 5. The van der Waals surface area contributed by atoms with E-state index in [1.807, 2.05) is 44.1 Å². The lowest BCUT2D eigenvalue weighted by Gasteiger charge is -2.27. The molecule has 0 spiro atoms. The van der Waals surface area contributed by atoms with E-state index in [2.05, 4.69) is 4.98 Å². The van der Waals surface area contributed by atoms with E-state index in [4.69, 9.17) is 0 Å². The number of ketones is 2. The number of benzene rings is 1. The molecule has 0 bridgehead atoms. The van der Waals surface area contributed by atoms with Crippen LogP contribution in [0.3, 0.4) is 0 Å². The van der Waals surface area contributed by atoms with Gasteiger partial charge >= 0.3 is 0 Å². The minimum absolute atomic E-state index is 0.317. The van der Waals surface area contributed by atoms with E-state index in [9.17, 15) is 14.4 Å². The molecular weight excluding hydrogens is 354 g/mol. The zero-order valence-electron chi connectivity index (χ0n) is 16.5. The highest BCUT2D eigenvalue weighted by atomic mass is 16.2. The number of rotatable bonds is 7. The van der Waals surface area contributed by atoms with Crippen molar-refractivity contribution in [3.63, 3.8) is 0 Å². The van der Waals surface area contributed by atoms with Crippen molar-refractivity contribution < 1.29 is 14.4 Å². The second-order valence-corrected chi connectivity index (χ2v) is 7.46. The average molecular weight is 379 g/mol. The molecule has 1 aliphatic heterocycles. The van der Waals surface area contributed by atoms with Gasteiger partial charge in [-0.2, -0.15) is 0 Å². The average Bonchev–Trinajstić information content (AvgIpc) is 2.93. The molecule has 146 valence electrons. The monoisotopic (exact) mass is 379 g/mol. The number of carbonyl (C=O) groups excluding carboxylic acids is 3. The van der Waals surface area contributed by atoms with Crippen LogP contribution in [-0.4, -0.2) is 59.4 Å². The molecule has 6 nitrogen and oxygen atoms in total. The Balaban J connectivity index is 1.96. The Bertz CT molecular complexity index is 862. The third-order valence-electron chi connectivity index (χ3n) is 5.05. The summed E-state index contributed by atoms with van der Waals surface area (Å²) in [5.74, 6) is -2.58. The molecule has 0 N–H and O–H groups in total. The summed E-state index contributed by atoms with van der Waals surface area (Å²) in [6, 6.07) is 10.1. The lowest BCUT2D eigenvalue weighted by Crippen LogP contribution is -2.33. The first-order chi connectivity index (χ1) is 13.4. The number of likely N-dealkylation sites (tertiary alicyclic amines) is 1. The van der Waals surface area contributed by atoms with Gasteiger partial charge in [0.2, 0.25) is 5.78 Å². The Kier molecular flexibility index (Phi) is 5.99. The molecule has 1 amide bonds. The Labute approximate surface area is 165 Å². The summed E-state index contributed by atoms with van der Waals surface area (Å²) in [6.07, 6.45) is 3.98. The minimum Gasteiger partial charge on any atom is -0.328 e. The quantitative estimate of drug-likeness (QED) is 0.419. The topological polar surface area (TPSA) is 70.6 Å². The first kappa shape index (κ1) is 19.9. The predicted octanol–water partition coefficient (Wildman–Crippen LogP) is 2.29. The first-order valence-corrected chi connectivity index (χ1v) is 9.40. The maximum atomic E-state index is 13.2. The summed E-state index contributed by atoms with van der Waals surface area (Å²) in [5.41, 5.74) is 2.18. The molecule has 1 aliphatic rings. The predicted molar refractivity (Wildman–Crippen MR) is 106 cm³/mol. The number of pyridine rings is 1. The fraction of sp³-hybridized carbons (Fsp3) is 0.364. The van der Waals surface area contributed by atoms with Crippen LogP contribution in [0.1, 0.15) is 33.9 Å². The van der Waals surface area contributed by atoms with E-state index >= 15 is 0 Å². The number of amides is 1. The van der Waals surface area contributed by atoms with Crippen molar-refractivity contribution in [3.05, 3.63) is 65.5 Å². The Morgan fingerprint density at radius 2 is 1.86 bits per heavy atom. The van der Waals surface area contributed by atoms with E-state index in [0.717, 1.165) is 12.1 Å². The van der Waals surface area contributed by atoms with Gasteiger partial charge in [-0.15, -0.1) is 0 Å². The molecule has 6 heteroatoms. The lowest BCUT2D eigenvalue weighted by molar-refractivity contribution is -0.140. The molecule has 3 rings (SSSR count). The Morgan fingerprint density at radius 1 is 1.14 bits per heavy atom. The first-order valence-electron chi connectivity index (χ1n) is 9.40. The van der Waals surface area contributed by atoms with Gasteiger partial charge in [0, 0.05) is 24.5 Å². The molecule has 1 saturated heterocycles. The van der Waals surface area contributed by atoms with Gasteiger partial charge in [-0.25, -0.2) is 0 Å². The van der Waals surface area contributed by atoms with Gasteiger partial charge in [0.1, 0.15) is 5.92 Å². The summed E-state index contributed by atoms with van der Waals surface area (Å²) in [4.78, 5) is 46.5. The van der Waals surface area contributed by atoms with E-state index in [1.165, 1.54) is 0 Å². The van der Waals surface area contributed by atoms with Crippen molar-refractivity contribution in [2.45, 2.75) is 19.4 Å². The van der Waals surface area contributed by atoms with Crippen molar-refractivity contribution in [2.24, 2.45) is 5.92 Å². The van der Waals surface area contributed by atoms with Crippen molar-refractivity contribution >= 4 is 17.5 Å². The minimum atomic E-state index is -1.04. The van der Waals surface area contributed by atoms with Crippen LogP contribution in [0.15, 0.2) is 48.8 Å². The van der Waals surface area contributed by atoms with Crippen LogP contribution in [0.4, 0.5) is 0 Å². The van der Waals surface area contributed by atoms with Crippen LogP contribution in [0.25, 0.3) is 0 Å². The molecule has 2 heterocycles. The molecule has 2 aromatic rings. The van der Waals surface area contributed by atoms with Gasteiger partial charge in [0.25, 0.3) is 5.91 Å². The van der Waals surface area contributed by atoms with Crippen LogP contribution in [0, 0.1) is 12.8 Å². The lowest BCUT2D eigenvalue weighted by atomic mass is 9.86. The second-order valence-electron chi connectivity index (χ2n) is 7.46. The molecule has 0 aliphatic carbocycles. The summed E-state index contributed by atoms with van der Waals surface area (Å²) < 4.78 is 0. The molecule has 2 atom stereocenters. The SMILES string of the molecule is Cc1ccc(C(=O)C2C(=O)C(=O)N(CCCN(C)C)C2c2cccnc2)cc1. The zero-order valence-corrected chi connectivity index (χ0v) is 16.5. The van der Waals surface area contributed by atoms with Gasteiger partial charge in [-0.1, -0.05) is 35.9 Å². The summed E-state index contributed by atoms with van der Waals surface area (Å²) in [5, 5.41) is 0. The van der Waals surface area contributed by atoms with Crippen molar-refractivity contribution in [3.8, 4) is 0 Å². The second kappa shape index (κ2) is 8.44. The fourth-order valence-electron chi connectivity index (χ4n) is 3.61. The number of nitrogens with zero attached hydrogens (tertiary/aromatic N) is 3. The van der Waals surface area contributed by atoms with Crippen LogP contribution < -0.4 is 0 Å². The molecule has 0 radical (unpaired) electrons. The Morgan fingerprint density at radius 3 is 2.46 bits per heavy atom. The normalized spacial score (nSPS) is 19.5. The van der Waals surface area contributed by atoms with Crippen molar-refractivity contribution in [2.75, 3.05) is 27.2 Å². The highest BCUT2D eigenvalue weighted by Gasteiger charge is 2.51. The van der Waals surface area contributed by atoms with Gasteiger partial charge in [-0.3, -0.25) is 19.4 Å². The van der Waals surface area contributed by atoms with E-state index in [0.29, 0.717) is 24.1 Å². The molecular formula is C22H25N3O3. The summed E-state index contributed by atoms with van der Waals surface area (Å²) in [7, 11) is 3.92. The molecule has 2 unspecified atom stereocenters. The standard InChI is InChI=1S/C22H25N3O3/c1-15-7-9-16(10-8-15)20(26)18-19(17-6-4-11-23-14-17)25(22(28)21(18)27)13-5-12-24(2)3/h4,6-11,14,18-19H,5,12-13H2,1-3H3. The molecule has 28 heavy (non-hydrogen) atoms. The molecule has 0 saturated carbocycles. The number of aromatic nitrogens is 1. The maximum Gasteiger partial charge on any atom is 0.291 e. The number of Topliss-reactive ketones (excluding diaryl/α,β-unsaturated/α-hetero) is 2. The van der Waals surface area contributed by atoms with E-state index in [-0.39, 0.29) is 5.78 Å². The van der Waals surface area contributed by atoms with Crippen molar-refractivity contribution in [1.82, 2.24) is 14.8 Å². The fourth-order valence-corrected chi connectivity index (χ4v) is 3.61.